The Hall–Kier alpha value is -2.25. The number of hydrogen-bond acceptors (Lipinski definition) is 6. The van der Waals surface area contributed by atoms with Crippen LogP contribution in [0, 0.1) is 5.92 Å². The van der Waals surface area contributed by atoms with Crippen LogP contribution in [0.3, 0.4) is 0 Å². The van der Waals surface area contributed by atoms with Gasteiger partial charge >= 0.3 is 5.97 Å². The van der Waals surface area contributed by atoms with Crippen LogP contribution in [0.5, 0.6) is 0 Å². The zero-order valence-corrected chi connectivity index (χ0v) is 17.2. The van der Waals surface area contributed by atoms with E-state index in [2.05, 4.69) is 0 Å². The first-order chi connectivity index (χ1) is 14.5. The summed E-state index contributed by atoms with van der Waals surface area (Å²) in [4.78, 5) is 12.3. The summed E-state index contributed by atoms with van der Waals surface area (Å²) in [5, 5.41) is 0. The van der Waals surface area contributed by atoms with Gasteiger partial charge in [0.2, 0.25) is 0 Å². The Morgan fingerprint density at radius 3 is 2.43 bits per heavy atom. The van der Waals surface area contributed by atoms with E-state index in [1.165, 1.54) is 0 Å². The summed E-state index contributed by atoms with van der Waals surface area (Å²) in [5.41, 5.74) is 1.08. The molecular formula is C24H26O6. The first kappa shape index (κ1) is 19.7. The average Bonchev–Trinajstić information content (AvgIpc) is 3.25. The van der Waals surface area contributed by atoms with E-state index < -0.39 is 17.7 Å². The van der Waals surface area contributed by atoms with Gasteiger partial charge in [0.1, 0.15) is 17.8 Å². The van der Waals surface area contributed by atoms with Gasteiger partial charge in [0.15, 0.2) is 12.1 Å². The molecule has 6 nitrogen and oxygen atoms in total. The SMILES string of the molecule is CC1(C)O[C@H]2O[C@]3(C[C@H]3COC(=O)c3ccccc3)C(OCc3ccccc3)[C@@H]2O1. The number of esters is 1. The number of carbonyl (C=O) groups excluding carboxylic acids is 1. The van der Waals surface area contributed by atoms with Crippen molar-refractivity contribution >= 4 is 5.97 Å². The van der Waals surface area contributed by atoms with E-state index in [0.29, 0.717) is 12.2 Å². The Morgan fingerprint density at radius 2 is 1.70 bits per heavy atom. The van der Waals surface area contributed by atoms with Gasteiger partial charge in [-0.15, -0.1) is 0 Å². The molecule has 2 aliphatic heterocycles. The molecule has 1 aliphatic carbocycles. The molecule has 158 valence electrons. The summed E-state index contributed by atoms with van der Waals surface area (Å²) in [7, 11) is 0. The third-order valence-corrected chi connectivity index (χ3v) is 6.00. The molecule has 5 rings (SSSR count). The van der Waals surface area contributed by atoms with Gasteiger partial charge in [0.25, 0.3) is 0 Å². The first-order valence-electron chi connectivity index (χ1n) is 10.4. The molecule has 0 aromatic heterocycles. The van der Waals surface area contributed by atoms with Crippen molar-refractivity contribution in [2.75, 3.05) is 6.61 Å². The lowest BCUT2D eigenvalue weighted by atomic mass is 10.1. The zero-order chi connectivity index (χ0) is 20.8. The zero-order valence-electron chi connectivity index (χ0n) is 17.2. The highest BCUT2D eigenvalue weighted by Crippen LogP contribution is 2.59. The van der Waals surface area contributed by atoms with Crippen LogP contribution in [0.15, 0.2) is 60.7 Å². The number of ether oxygens (including phenoxy) is 5. The Morgan fingerprint density at radius 1 is 1.00 bits per heavy atom. The third-order valence-electron chi connectivity index (χ3n) is 6.00. The van der Waals surface area contributed by atoms with Gasteiger partial charge in [-0.2, -0.15) is 0 Å². The van der Waals surface area contributed by atoms with Gasteiger partial charge in [0.05, 0.1) is 18.8 Å². The summed E-state index contributed by atoms with van der Waals surface area (Å²) in [6, 6.07) is 19.0. The second-order valence-electron chi connectivity index (χ2n) is 8.62. The molecule has 3 aliphatic rings. The molecule has 0 radical (unpaired) electrons. The molecule has 1 saturated carbocycles. The van der Waals surface area contributed by atoms with Crippen molar-refractivity contribution in [3.8, 4) is 0 Å². The molecule has 0 bridgehead atoms. The molecule has 30 heavy (non-hydrogen) atoms. The second-order valence-corrected chi connectivity index (χ2v) is 8.62. The van der Waals surface area contributed by atoms with Crippen molar-refractivity contribution in [3.05, 3.63) is 71.8 Å². The Labute approximate surface area is 176 Å². The summed E-state index contributed by atoms with van der Waals surface area (Å²) >= 11 is 0. The molecule has 2 aromatic carbocycles. The predicted molar refractivity (Wildman–Crippen MR) is 107 cm³/mol. The van der Waals surface area contributed by atoms with E-state index in [1.54, 1.807) is 12.1 Å². The predicted octanol–water partition coefficient (Wildman–Crippen LogP) is 3.70. The van der Waals surface area contributed by atoms with Gasteiger partial charge in [-0.05, 0) is 38.0 Å². The summed E-state index contributed by atoms with van der Waals surface area (Å²) in [6.45, 7) is 4.49. The number of rotatable bonds is 6. The van der Waals surface area contributed by atoms with Crippen molar-refractivity contribution in [3.63, 3.8) is 0 Å². The van der Waals surface area contributed by atoms with E-state index in [9.17, 15) is 4.79 Å². The molecular weight excluding hydrogens is 384 g/mol. The van der Waals surface area contributed by atoms with Crippen molar-refractivity contribution in [1.29, 1.82) is 0 Å². The topological polar surface area (TPSA) is 63.2 Å². The Kier molecular flexibility index (Phi) is 4.90. The number of benzene rings is 2. The van der Waals surface area contributed by atoms with E-state index in [4.69, 9.17) is 23.7 Å². The second kappa shape index (κ2) is 7.46. The average molecular weight is 410 g/mol. The quantitative estimate of drug-likeness (QED) is 0.677. The largest absolute Gasteiger partial charge is 0.462 e. The van der Waals surface area contributed by atoms with Gasteiger partial charge < -0.3 is 23.7 Å². The standard InChI is InChI=1S/C24H26O6/c1-23(2)28-19-20(26-14-16-9-5-3-6-10-16)24(30-22(19)29-23)13-18(24)15-27-21(25)17-11-7-4-8-12-17/h3-12,18-20,22H,13-15H2,1-2H3/t18-,19-,20?,22-,24-/m0/s1. The lowest BCUT2D eigenvalue weighted by molar-refractivity contribution is -0.227. The minimum Gasteiger partial charge on any atom is -0.462 e. The van der Waals surface area contributed by atoms with E-state index >= 15 is 0 Å². The number of carbonyl (C=O) groups is 1. The number of fused-ring (bicyclic) bond motifs is 1. The van der Waals surface area contributed by atoms with Crippen LogP contribution in [-0.4, -0.2) is 42.5 Å². The number of hydrogen-bond donors (Lipinski definition) is 0. The van der Waals surface area contributed by atoms with Gasteiger partial charge in [0, 0.05) is 5.92 Å². The highest BCUT2D eigenvalue weighted by molar-refractivity contribution is 5.89. The molecule has 3 fully saturated rings. The molecule has 1 spiro atoms. The molecule has 6 heteroatoms. The molecule has 2 heterocycles. The van der Waals surface area contributed by atoms with Crippen LogP contribution in [0.4, 0.5) is 0 Å². The smallest absolute Gasteiger partial charge is 0.338 e. The van der Waals surface area contributed by atoms with Crippen LogP contribution in [0.2, 0.25) is 0 Å². The van der Waals surface area contributed by atoms with E-state index in [0.717, 1.165) is 12.0 Å². The summed E-state index contributed by atoms with van der Waals surface area (Å²) in [5.74, 6) is -0.992. The maximum absolute atomic E-state index is 12.3. The lowest BCUT2D eigenvalue weighted by Gasteiger charge is -2.27. The molecule has 0 N–H and O–H groups in total. The molecule has 1 unspecified atom stereocenters. The maximum atomic E-state index is 12.3. The van der Waals surface area contributed by atoms with Crippen molar-refractivity contribution in [2.24, 2.45) is 5.92 Å². The Balaban J connectivity index is 1.27. The normalized spacial score (nSPS) is 33.4. The minimum atomic E-state index is -0.713. The van der Waals surface area contributed by atoms with Crippen molar-refractivity contribution in [2.45, 2.75) is 56.8 Å². The molecule has 2 aromatic rings. The Bertz CT molecular complexity index is 898. The van der Waals surface area contributed by atoms with Crippen molar-refractivity contribution in [1.82, 2.24) is 0 Å². The van der Waals surface area contributed by atoms with Crippen LogP contribution in [-0.2, 0) is 30.3 Å². The van der Waals surface area contributed by atoms with Crippen LogP contribution >= 0.6 is 0 Å². The van der Waals surface area contributed by atoms with Gasteiger partial charge in [-0.25, -0.2) is 4.79 Å². The maximum Gasteiger partial charge on any atom is 0.338 e. The molecule has 5 atom stereocenters. The molecule has 2 saturated heterocycles. The van der Waals surface area contributed by atoms with Gasteiger partial charge in [-0.1, -0.05) is 48.5 Å². The monoisotopic (exact) mass is 410 g/mol. The third kappa shape index (κ3) is 3.65. The summed E-state index contributed by atoms with van der Waals surface area (Å²) in [6.07, 6.45) is -0.326. The fourth-order valence-electron chi connectivity index (χ4n) is 4.46. The van der Waals surface area contributed by atoms with Crippen molar-refractivity contribution < 1.29 is 28.5 Å². The van der Waals surface area contributed by atoms with Crippen LogP contribution in [0.1, 0.15) is 36.2 Å². The van der Waals surface area contributed by atoms with Crippen LogP contribution < -0.4 is 0 Å². The highest BCUT2D eigenvalue weighted by Gasteiger charge is 2.73. The summed E-state index contributed by atoms with van der Waals surface area (Å²) < 4.78 is 30.2. The van der Waals surface area contributed by atoms with E-state index in [1.807, 2.05) is 62.4 Å². The van der Waals surface area contributed by atoms with Gasteiger partial charge in [-0.3, -0.25) is 0 Å². The fourth-order valence-corrected chi connectivity index (χ4v) is 4.46. The molecule has 0 amide bonds. The first-order valence-corrected chi connectivity index (χ1v) is 10.4. The lowest BCUT2D eigenvalue weighted by Crippen LogP contribution is -2.39. The fraction of sp³-hybridized carbons (Fsp3) is 0.458. The van der Waals surface area contributed by atoms with Crippen LogP contribution in [0.25, 0.3) is 0 Å². The van der Waals surface area contributed by atoms with E-state index in [-0.39, 0.29) is 30.7 Å². The highest BCUT2D eigenvalue weighted by atomic mass is 16.8. The minimum absolute atomic E-state index is 0.0480.